The molecular formula is C30H28FN9O. The number of anilines is 4. The number of rotatable bonds is 6. The van der Waals surface area contributed by atoms with Crippen molar-refractivity contribution in [2.24, 2.45) is 0 Å². The third-order valence-corrected chi connectivity index (χ3v) is 6.52. The molecule has 0 saturated heterocycles. The molecule has 3 heterocycles. The minimum atomic E-state index is -0.453. The molecule has 6 rings (SSSR count). The van der Waals surface area contributed by atoms with Gasteiger partial charge in [0.1, 0.15) is 17.3 Å². The van der Waals surface area contributed by atoms with Crippen LogP contribution in [0.4, 0.5) is 32.1 Å². The maximum atomic E-state index is 14.0. The van der Waals surface area contributed by atoms with Crippen LogP contribution in [0.2, 0.25) is 0 Å². The highest BCUT2D eigenvalue weighted by atomic mass is 19.1. The van der Waals surface area contributed by atoms with Crippen LogP contribution < -0.4 is 16.0 Å². The summed E-state index contributed by atoms with van der Waals surface area (Å²) in [6, 6.07) is 20.7. The third kappa shape index (κ3) is 5.50. The number of hydrogen-bond donors (Lipinski definition) is 5. The summed E-state index contributed by atoms with van der Waals surface area (Å²) in [5, 5.41) is 29.0. The minimum absolute atomic E-state index is 0.272. The number of carbonyl (C=O) groups is 1. The molecule has 0 radical (unpaired) electrons. The molecule has 11 heteroatoms. The van der Waals surface area contributed by atoms with Crippen molar-refractivity contribution in [2.45, 2.75) is 26.2 Å². The second kappa shape index (κ2) is 10.3. The molecule has 0 spiro atoms. The van der Waals surface area contributed by atoms with Gasteiger partial charge in [-0.1, -0.05) is 32.9 Å². The van der Waals surface area contributed by atoms with Crippen molar-refractivity contribution in [3.8, 4) is 16.9 Å². The molecule has 0 aliphatic rings. The number of aromatic amines is 2. The summed E-state index contributed by atoms with van der Waals surface area (Å²) in [4.78, 5) is 13.0. The van der Waals surface area contributed by atoms with E-state index in [9.17, 15) is 9.18 Å². The van der Waals surface area contributed by atoms with Crippen molar-refractivity contribution >= 4 is 39.8 Å². The number of urea groups is 1. The van der Waals surface area contributed by atoms with Crippen LogP contribution in [0.5, 0.6) is 0 Å². The van der Waals surface area contributed by atoms with Gasteiger partial charge in [0.05, 0.1) is 23.1 Å². The SMILES string of the molecule is CC(C)(C)c1cc(NC(=O)Nc2cccc(Nc3ccc4c(-c5cn[nH]c5)n[nH]c4c3)c2)n(-c2cccc(F)c2)n1. The van der Waals surface area contributed by atoms with Gasteiger partial charge in [0.2, 0.25) is 0 Å². The Hall–Kier alpha value is -5.45. The first-order valence-electron chi connectivity index (χ1n) is 13.0. The highest BCUT2D eigenvalue weighted by Crippen LogP contribution is 2.30. The van der Waals surface area contributed by atoms with Crippen molar-refractivity contribution in [1.82, 2.24) is 30.2 Å². The Balaban J connectivity index is 1.18. The number of hydrogen-bond acceptors (Lipinski definition) is 5. The molecule has 0 unspecified atom stereocenters. The maximum absolute atomic E-state index is 14.0. The Morgan fingerprint density at radius 3 is 2.51 bits per heavy atom. The van der Waals surface area contributed by atoms with Crippen LogP contribution in [0, 0.1) is 5.82 Å². The van der Waals surface area contributed by atoms with E-state index in [-0.39, 0.29) is 11.2 Å². The molecule has 2 amide bonds. The van der Waals surface area contributed by atoms with Gasteiger partial charge in [-0.3, -0.25) is 15.5 Å². The van der Waals surface area contributed by atoms with Crippen LogP contribution >= 0.6 is 0 Å². The lowest BCUT2D eigenvalue weighted by Crippen LogP contribution is -2.21. The number of amides is 2. The number of nitrogens with zero attached hydrogens (tertiary/aromatic N) is 4. The highest BCUT2D eigenvalue weighted by Gasteiger charge is 2.22. The zero-order valence-electron chi connectivity index (χ0n) is 22.7. The predicted octanol–water partition coefficient (Wildman–Crippen LogP) is 6.96. The fourth-order valence-electron chi connectivity index (χ4n) is 4.46. The van der Waals surface area contributed by atoms with E-state index < -0.39 is 6.03 Å². The smallest absolute Gasteiger partial charge is 0.324 e. The second-order valence-electron chi connectivity index (χ2n) is 10.7. The number of H-pyrrole nitrogens is 2. The Labute approximate surface area is 235 Å². The molecule has 10 nitrogen and oxygen atoms in total. The number of nitrogens with one attached hydrogen (secondary N) is 5. The van der Waals surface area contributed by atoms with Crippen LogP contribution in [-0.4, -0.2) is 36.2 Å². The summed E-state index contributed by atoms with van der Waals surface area (Å²) in [6.07, 6.45) is 3.53. The van der Waals surface area contributed by atoms with Gasteiger partial charge >= 0.3 is 6.03 Å². The van der Waals surface area contributed by atoms with Crippen molar-refractivity contribution in [3.05, 3.63) is 96.7 Å². The molecule has 0 bridgehead atoms. The zero-order valence-corrected chi connectivity index (χ0v) is 22.7. The van der Waals surface area contributed by atoms with Gasteiger partial charge < -0.3 is 10.6 Å². The van der Waals surface area contributed by atoms with E-state index in [1.807, 2.05) is 57.2 Å². The molecule has 0 atom stereocenters. The summed E-state index contributed by atoms with van der Waals surface area (Å²) in [6.45, 7) is 6.07. The van der Waals surface area contributed by atoms with E-state index in [1.54, 1.807) is 36.7 Å². The molecule has 41 heavy (non-hydrogen) atoms. The van der Waals surface area contributed by atoms with Gasteiger partial charge in [-0.25, -0.2) is 13.9 Å². The zero-order chi connectivity index (χ0) is 28.6. The third-order valence-electron chi connectivity index (χ3n) is 6.52. The molecule has 0 saturated carbocycles. The van der Waals surface area contributed by atoms with E-state index in [1.165, 1.54) is 16.8 Å². The van der Waals surface area contributed by atoms with E-state index in [2.05, 4.69) is 41.4 Å². The Bertz CT molecular complexity index is 1850. The van der Waals surface area contributed by atoms with Gasteiger partial charge in [0.15, 0.2) is 0 Å². The average Bonchev–Trinajstić information content (AvgIpc) is 3.68. The van der Waals surface area contributed by atoms with Crippen LogP contribution in [-0.2, 0) is 5.41 Å². The lowest BCUT2D eigenvalue weighted by Gasteiger charge is -2.14. The van der Waals surface area contributed by atoms with Gasteiger partial charge in [-0.05, 0) is 54.6 Å². The Morgan fingerprint density at radius 1 is 0.927 bits per heavy atom. The number of aromatic nitrogens is 6. The molecule has 6 aromatic rings. The molecule has 0 fully saturated rings. The lowest BCUT2D eigenvalue weighted by molar-refractivity contribution is 0.262. The molecule has 5 N–H and O–H groups in total. The summed E-state index contributed by atoms with van der Waals surface area (Å²) in [5.74, 6) is 0.0371. The quantitative estimate of drug-likeness (QED) is 0.153. The van der Waals surface area contributed by atoms with Gasteiger partial charge in [-0.15, -0.1) is 0 Å². The van der Waals surface area contributed by atoms with Gasteiger partial charge in [0.25, 0.3) is 0 Å². The monoisotopic (exact) mass is 549 g/mol. The van der Waals surface area contributed by atoms with Crippen LogP contribution in [0.1, 0.15) is 26.5 Å². The second-order valence-corrected chi connectivity index (χ2v) is 10.7. The molecule has 3 aromatic carbocycles. The minimum Gasteiger partial charge on any atom is -0.355 e. The standard InChI is InChI=1S/C30H28FN9O/c1-30(2,3)26-15-27(40(39-26)23-9-4-6-19(31)12-23)36-29(41)35-21-8-5-7-20(13-21)34-22-10-11-24-25(14-22)37-38-28(24)18-16-32-33-17-18/h4-17,34H,1-3H3,(H,32,33)(H,37,38)(H2,35,36,41). The first-order chi connectivity index (χ1) is 19.7. The Kier molecular flexibility index (Phi) is 6.46. The van der Waals surface area contributed by atoms with Gasteiger partial charge in [0, 0.05) is 45.7 Å². The van der Waals surface area contributed by atoms with E-state index in [4.69, 9.17) is 0 Å². The molecular weight excluding hydrogens is 521 g/mol. The fourth-order valence-corrected chi connectivity index (χ4v) is 4.46. The largest absolute Gasteiger partial charge is 0.355 e. The van der Waals surface area contributed by atoms with Crippen LogP contribution in [0.3, 0.4) is 0 Å². The van der Waals surface area contributed by atoms with Crippen molar-refractivity contribution in [1.29, 1.82) is 0 Å². The topological polar surface area (TPSA) is 128 Å². The average molecular weight is 550 g/mol. The predicted molar refractivity (Wildman–Crippen MR) is 158 cm³/mol. The Morgan fingerprint density at radius 2 is 1.73 bits per heavy atom. The fraction of sp³-hybridized carbons (Fsp3) is 0.133. The highest BCUT2D eigenvalue weighted by molar-refractivity contribution is 6.00. The lowest BCUT2D eigenvalue weighted by atomic mass is 9.92. The van der Waals surface area contributed by atoms with E-state index in [0.717, 1.165) is 39.2 Å². The maximum Gasteiger partial charge on any atom is 0.324 e. The van der Waals surface area contributed by atoms with E-state index in [0.29, 0.717) is 17.2 Å². The summed E-state index contributed by atoms with van der Waals surface area (Å²) >= 11 is 0. The van der Waals surface area contributed by atoms with Crippen molar-refractivity contribution < 1.29 is 9.18 Å². The summed E-state index contributed by atoms with van der Waals surface area (Å²) in [5.41, 5.74) is 5.84. The van der Waals surface area contributed by atoms with Gasteiger partial charge in [-0.2, -0.15) is 15.3 Å². The first-order valence-corrected chi connectivity index (χ1v) is 13.0. The number of halogens is 1. The van der Waals surface area contributed by atoms with Crippen molar-refractivity contribution in [2.75, 3.05) is 16.0 Å². The summed E-state index contributed by atoms with van der Waals surface area (Å²) < 4.78 is 15.5. The molecule has 0 aliphatic carbocycles. The number of benzene rings is 3. The van der Waals surface area contributed by atoms with Crippen molar-refractivity contribution in [3.63, 3.8) is 0 Å². The molecule has 206 valence electrons. The first kappa shape index (κ1) is 25.8. The van der Waals surface area contributed by atoms with Crippen LogP contribution in [0.25, 0.3) is 27.8 Å². The normalized spacial score (nSPS) is 11.5. The number of carbonyl (C=O) groups excluding carboxylic acids is 1. The number of fused-ring (bicyclic) bond motifs is 1. The van der Waals surface area contributed by atoms with Crippen LogP contribution in [0.15, 0.2) is 85.2 Å². The summed E-state index contributed by atoms with van der Waals surface area (Å²) in [7, 11) is 0. The van der Waals surface area contributed by atoms with E-state index >= 15 is 0 Å². The molecule has 3 aromatic heterocycles. The molecule has 0 aliphatic heterocycles.